The van der Waals surface area contributed by atoms with Crippen molar-refractivity contribution in [2.24, 2.45) is 28.6 Å². The summed E-state index contributed by atoms with van der Waals surface area (Å²) in [5.41, 5.74) is 10.3. The number of nitrogen functional groups attached to an aromatic ring is 1. The fourth-order valence-electron chi connectivity index (χ4n) is 6.27. The number of carbonyl (C=O) groups excluding carboxylic acids is 2. The summed E-state index contributed by atoms with van der Waals surface area (Å²) in [6, 6.07) is 8.17. The van der Waals surface area contributed by atoms with E-state index in [4.69, 9.17) is 30.6 Å². The number of β-lactam (4-membered cyclic amide) rings is 1. The Bertz CT molecular complexity index is 2040. The van der Waals surface area contributed by atoms with Crippen LogP contribution < -0.4 is 31.7 Å². The van der Waals surface area contributed by atoms with Gasteiger partial charge in [0.05, 0.1) is 11.1 Å². The summed E-state index contributed by atoms with van der Waals surface area (Å²) in [6.45, 7) is 12.2. The van der Waals surface area contributed by atoms with Gasteiger partial charge in [0.2, 0.25) is 0 Å². The van der Waals surface area contributed by atoms with E-state index in [1.54, 1.807) is 18.2 Å². The lowest BCUT2D eigenvalue weighted by atomic mass is 9.81. The number of rotatable bonds is 20. The second-order valence-corrected chi connectivity index (χ2v) is 16.7. The van der Waals surface area contributed by atoms with E-state index in [0.717, 1.165) is 60.5 Å². The van der Waals surface area contributed by atoms with Crippen LogP contribution in [0.1, 0.15) is 53.2 Å². The second-order valence-electron chi connectivity index (χ2n) is 14.8. The zero-order valence-corrected chi connectivity index (χ0v) is 33.4. The van der Waals surface area contributed by atoms with Crippen LogP contribution in [0.15, 0.2) is 40.9 Å². The molecule has 56 heavy (non-hydrogen) atoms. The summed E-state index contributed by atoms with van der Waals surface area (Å²) in [5, 5.41) is 22.2. The molecule has 0 spiro atoms. The SMILES string of the molecule is CC(C)C(C)CC1NCC1CN(CCCN)c1ccc2cc(OCC(O/N=C(\C(=O)N[C@@H]3C(=O)N(OS(=O)(=O)O)C3(C)C)c3csc(N)n3)C(=O)O)ccc2n1. The number of nitrogens with two attached hydrogens (primary N) is 2. The molecule has 2 fully saturated rings. The summed E-state index contributed by atoms with van der Waals surface area (Å²) >= 11 is 0.963. The molecule has 2 aliphatic rings. The van der Waals surface area contributed by atoms with E-state index >= 15 is 0 Å². The van der Waals surface area contributed by atoms with Gasteiger partial charge in [-0.1, -0.05) is 25.9 Å². The zero-order valence-electron chi connectivity index (χ0n) is 31.7. The van der Waals surface area contributed by atoms with Gasteiger partial charge in [-0.15, -0.1) is 15.6 Å². The van der Waals surface area contributed by atoms with Crippen molar-refractivity contribution in [3.63, 3.8) is 0 Å². The molecule has 1 aromatic carbocycles. The molecule has 4 heterocycles. The van der Waals surface area contributed by atoms with E-state index in [-0.39, 0.29) is 10.8 Å². The number of carboxylic acids is 1. The van der Waals surface area contributed by atoms with Crippen molar-refractivity contribution in [1.29, 1.82) is 0 Å². The molecule has 0 saturated carbocycles. The fourth-order valence-corrected chi connectivity index (χ4v) is 7.27. The highest BCUT2D eigenvalue weighted by molar-refractivity contribution is 7.80. The summed E-state index contributed by atoms with van der Waals surface area (Å²) < 4.78 is 41.5. The van der Waals surface area contributed by atoms with Gasteiger partial charge < -0.3 is 41.7 Å². The zero-order chi connectivity index (χ0) is 40.9. The first-order valence-corrected chi connectivity index (χ1v) is 20.3. The first-order valence-electron chi connectivity index (χ1n) is 18.1. The molecule has 19 nitrogen and oxygen atoms in total. The smallest absolute Gasteiger partial charge is 0.418 e. The normalized spacial score (nSPS) is 20.6. The lowest BCUT2D eigenvalue weighted by Crippen LogP contribution is -2.76. The van der Waals surface area contributed by atoms with Crippen molar-refractivity contribution in [2.45, 2.75) is 71.2 Å². The Morgan fingerprint density at radius 2 is 1.96 bits per heavy atom. The summed E-state index contributed by atoms with van der Waals surface area (Å²) in [4.78, 5) is 54.7. The third-order valence-corrected chi connectivity index (χ3v) is 11.1. The molecule has 0 aliphatic carbocycles. The van der Waals surface area contributed by atoms with Gasteiger partial charge in [0.1, 0.15) is 29.9 Å². The number of aromatic nitrogens is 2. The minimum atomic E-state index is -5.03. The number of thiazole rings is 1. The van der Waals surface area contributed by atoms with Gasteiger partial charge in [0, 0.05) is 42.4 Å². The summed E-state index contributed by atoms with van der Waals surface area (Å²) in [7, 11) is -5.03. The number of fused-ring (bicyclic) bond motifs is 1. The average Bonchev–Trinajstić information content (AvgIpc) is 3.56. The first-order chi connectivity index (χ1) is 26.4. The number of carboxylic acid groups (broad SMARTS) is 1. The predicted molar refractivity (Wildman–Crippen MR) is 208 cm³/mol. The van der Waals surface area contributed by atoms with Crippen LogP contribution in [0.4, 0.5) is 10.9 Å². The van der Waals surface area contributed by atoms with Crippen LogP contribution in [0.5, 0.6) is 5.75 Å². The van der Waals surface area contributed by atoms with Gasteiger partial charge in [-0.05, 0) is 75.4 Å². The van der Waals surface area contributed by atoms with Gasteiger partial charge in [0.15, 0.2) is 10.8 Å². The maximum atomic E-state index is 13.4. The first kappa shape index (κ1) is 42.5. The number of hydrogen-bond acceptors (Lipinski definition) is 16. The molecule has 8 N–H and O–H groups in total. The average molecular weight is 820 g/mol. The Labute approximate surface area is 328 Å². The van der Waals surface area contributed by atoms with Gasteiger partial charge >= 0.3 is 16.4 Å². The number of hydrogen-bond donors (Lipinski definition) is 6. The number of carbonyl (C=O) groups is 3. The number of amides is 2. The van der Waals surface area contributed by atoms with Crippen molar-refractivity contribution >= 4 is 67.1 Å². The van der Waals surface area contributed by atoms with Crippen LogP contribution in [-0.4, -0.2) is 113 Å². The number of aliphatic carboxylic acids is 1. The van der Waals surface area contributed by atoms with Crippen LogP contribution in [0.25, 0.3) is 10.9 Å². The number of nitrogens with zero attached hydrogens (tertiary/aromatic N) is 5. The lowest BCUT2D eigenvalue weighted by Gasteiger charge is -2.50. The van der Waals surface area contributed by atoms with Crippen molar-refractivity contribution in [1.82, 2.24) is 25.7 Å². The van der Waals surface area contributed by atoms with Crippen LogP contribution in [0.3, 0.4) is 0 Å². The Hall–Kier alpha value is -4.67. The molecule has 2 aromatic heterocycles. The van der Waals surface area contributed by atoms with Gasteiger partial charge in [-0.25, -0.2) is 14.8 Å². The van der Waals surface area contributed by atoms with E-state index in [2.05, 4.69) is 50.7 Å². The van der Waals surface area contributed by atoms with Crippen LogP contribution in [0.2, 0.25) is 0 Å². The third-order valence-electron chi connectivity index (χ3n) is 10.1. The van der Waals surface area contributed by atoms with E-state index in [1.165, 1.54) is 19.2 Å². The molecule has 5 atom stereocenters. The molecule has 306 valence electrons. The van der Waals surface area contributed by atoms with E-state index < -0.39 is 58.2 Å². The molecule has 2 aliphatic heterocycles. The number of benzene rings is 1. The molecule has 2 saturated heterocycles. The maximum absolute atomic E-state index is 13.4. The van der Waals surface area contributed by atoms with Gasteiger partial charge in [-0.3, -0.25) is 14.1 Å². The number of nitrogens with one attached hydrogen (secondary N) is 2. The van der Waals surface area contributed by atoms with E-state index in [1.807, 2.05) is 12.1 Å². The molecule has 0 bridgehead atoms. The van der Waals surface area contributed by atoms with Gasteiger partial charge in [0.25, 0.3) is 17.9 Å². The largest absolute Gasteiger partial charge is 0.489 e. The Kier molecular flexibility index (Phi) is 13.4. The summed E-state index contributed by atoms with van der Waals surface area (Å²) in [5.74, 6) is -0.549. The van der Waals surface area contributed by atoms with Crippen LogP contribution in [-0.2, 0) is 33.9 Å². The Balaban J connectivity index is 1.26. The monoisotopic (exact) mass is 819 g/mol. The highest BCUT2D eigenvalue weighted by atomic mass is 32.3. The van der Waals surface area contributed by atoms with Crippen LogP contribution >= 0.6 is 11.3 Å². The lowest BCUT2D eigenvalue weighted by molar-refractivity contribution is -0.218. The standard InChI is InChI=1S/C35H49N9O10S2/c1-19(2)20(3)13-25-22(15-38-25)16-43(12-6-11-36)28-10-7-21-14-23(8-9-24(21)39-28)52-17-27(33(47)48)53-42-29(26-18-55-34(37)40-26)31(45)41-30-32(46)44(35(30,4)5)54-56(49,50)51/h7-10,14,18-20,22,25,27,30,38H,6,11-13,15-17,36H2,1-5H3,(H2,37,40)(H,41,45)(H,47,48)(H,49,50,51)/b42-29-/t20?,22?,25?,27?,30-/m1/s1. The van der Waals surface area contributed by atoms with Crippen molar-refractivity contribution in [3.8, 4) is 5.75 Å². The highest BCUT2D eigenvalue weighted by Gasteiger charge is 2.58. The molecule has 5 rings (SSSR count). The number of hydroxylamine groups is 2. The number of pyridine rings is 1. The van der Waals surface area contributed by atoms with E-state index in [0.29, 0.717) is 41.2 Å². The third kappa shape index (κ3) is 10.2. The molecular formula is C35H49N9O10S2. The number of ether oxygens (including phenoxy) is 1. The van der Waals surface area contributed by atoms with Crippen molar-refractivity contribution in [2.75, 3.05) is 43.4 Å². The Morgan fingerprint density at radius 3 is 2.55 bits per heavy atom. The Morgan fingerprint density at radius 1 is 1.21 bits per heavy atom. The summed E-state index contributed by atoms with van der Waals surface area (Å²) in [6.07, 6.45) is 0.251. The molecular weight excluding hydrogens is 771 g/mol. The quantitative estimate of drug-likeness (QED) is 0.0410. The van der Waals surface area contributed by atoms with E-state index in [9.17, 15) is 27.9 Å². The maximum Gasteiger partial charge on any atom is 0.418 e. The van der Waals surface area contributed by atoms with Crippen LogP contribution in [0, 0.1) is 17.8 Å². The molecule has 4 unspecified atom stereocenters. The fraction of sp³-hybridized carbons (Fsp3) is 0.543. The van der Waals surface area contributed by atoms with Gasteiger partial charge in [-0.2, -0.15) is 13.5 Å². The van der Waals surface area contributed by atoms with Crippen molar-refractivity contribution < 1.29 is 46.3 Å². The second kappa shape index (κ2) is 17.6. The molecule has 2 amide bonds. The molecule has 0 radical (unpaired) electrons. The topological polar surface area (TPSA) is 274 Å². The highest BCUT2D eigenvalue weighted by Crippen LogP contribution is 2.33. The number of anilines is 2. The number of oxime groups is 1. The molecule has 3 aromatic rings. The predicted octanol–water partition coefficient (Wildman–Crippen LogP) is 1.79. The molecule has 21 heteroatoms. The minimum absolute atomic E-state index is 0.0589. The van der Waals surface area contributed by atoms with Crippen molar-refractivity contribution in [3.05, 3.63) is 41.4 Å². The minimum Gasteiger partial charge on any atom is -0.489 e.